The summed E-state index contributed by atoms with van der Waals surface area (Å²) < 4.78 is 0. The van der Waals surface area contributed by atoms with E-state index in [1.54, 1.807) is 24.4 Å². The molecule has 1 aromatic rings. The Hall–Kier alpha value is -1.09. The van der Waals surface area contributed by atoms with E-state index in [1.807, 2.05) is 0 Å². The molecule has 15 heavy (non-hydrogen) atoms. The summed E-state index contributed by atoms with van der Waals surface area (Å²) in [5.74, 6) is -0.131. The van der Waals surface area contributed by atoms with E-state index >= 15 is 0 Å². The van der Waals surface area contributed by atoms with Gasteiger partial charge in [-0.25, -0.2) is 0 Å². The van der Waals surface area contributed by atoms with Crippen molar-refractivity contribution in [2.75, 3.05) is 0 Å². The van der Waals surface area contributed by atoms with Gasteiger partial charge in [0.2, 0.25) is 0 Å². The lowest BCUT2D eigenvalue weighted by molar-refractivity contribution is 0.0933. The van der Waals surface area contributed by atoms with Crippen molar-refractivity contribution in [3.8, 4) is 0 Å². The van der Waals surface area contributed by atoms with Gasteiger partial charge in [-0.1, -0.05) is 6.07 Å². The number of carbonyl (C=O) groups excluding carboxylic acids is 1. The molecular formula is C11H13ClN2O. The molecule has 4 heteroatoms. The molecule has 1 heterocycles. The first-order chi connectivity index (χ1) is 7.27. The third kappa shape index (κ3) is 2.48. The number of nitrogens with one attached hydrogen (secondary N) is 1. The van der Waals surface area contributed by atoms with E-state index in [1.165, 1.54) is 0 Å². The van der Waals surface area contributed by atoms with Gasteiger partial charge in [0.25, 0.3) is 5.91 Å². The van der Waals surface area contributed by atoms with Crippen LogP contribution < -0.4 is 5.32 Å². The van der Waals surface area contributed by atoms with Crippen LogP contribution in [0, 0.1) is 0 Å². The van der Waals surface area contributed by atoms with Crippen molar-refractivity contribution >= 4 is 17.5 Å². The molecular weight excluding hydrogens is 212 g/mol. The summed E-state index contributed by atoms with van der Waals surface area (Å²) in [6, 6.07) is 5.39. The number of pyridine rings is 1. The molecule has 1 aliphatic carbocycles. The molecule has 3 nitrogen and oxygen atoms in total. The smallest absolute Gasteiger partial charge is 0.270 e. The van der Waals surface area contributed by atoms with Crippen molar-refractivity contribution in [2.24, 2.45) is 0 Å². The summed E-state index contributed by atoms with van der Waals surface area (Å²) in [5, 5.41) is 2.98. The highest BCUT2D eigenvalue weighted by molar-refractivity contribution is 6.21. The highest BCUT2D eigenvalue weighted by atomic mass is 35.5. The van der Waals surface area contributed by atoms with Gasteiger partial charge in [-0.15, -0.1) is 11.6 Å². The van der Waals surface area contributed by atoms with E-state index in [-0.39, 0.29) is 17.3 Å². The third-order valence-corrected chi connectivity index (χ3v) is 3.17. The lowest BCUT2D eigenvalue weighted by atomic mass is 10.2. The highest BCUT2D eigenvalue weighted by Gasteiger charge is 2.26. The Morgan fingerprint density at radius 1 is 1.47 bits per heavy atom. The van der Waals surface area contributed by atoms with Crippen LogP contribution in [0.15, 0.2) is 24.4 Å². The summed E-state index contributed by atoms with van der Waals surface area (Å²) in [4.78, 5) is 15.7. The number of hydrogen-bond donors (Lipinski definition) is 1. The van der Waals surface area contributed by atoms with Crippen LogP contribution in [0.4, 0.5) is 0 Å². The van der Waals surface area contributed by atoms with Crippen molar-refractivity contribution < 1.29 is 4.79 Å². The fraction of sp³-hybridized carbons (Fsp3) is 0.455. The zero-order valence-corrected chi connectivity index (χ0v) is 9.07. The minimum atomic E-state index is -0.131. The molecule has 0 spiro atoms. The number of rotatable bonds is 2. The van der Waals surface area contributed by atoms with Gasteiger partial charge in [-0.2, -0.15) is 0 Å². The second-order valence-electron chi connectivity index (χ2n) is 3.74. The van der Waals surface area contributed by atoms with E-state index in [0.717, 1.165) is 19.3 Å². The predicted octanol–water partition coefficient (Wildman–Crippen LogP) is 1.97. The van der Waals surface area contributed by atoms with Crippen molar-refractivity contribution in [3.05, 3.63) is 30.1 Å². The second kappa shape index (κ2) is 4.62. The number of halogens is 1. The Labute approximate surface area is 93.8 Å². The summed E-state index contributed by atoms with van der Waals surface area (Å²) in [5.41, 5.74) is 0.452. The average Bonchev–Trinajstić information content (AvgIpc) is 2.66. The Balaban J connectivity index is 1.98. The maximum Gasteiger partial charge on any atom is 0.270 e. The molecule has 1 aromatic heterocycles. The fourth-order valence-corrected chi connectivity index (χ4v) is 2.16. The molecule has 2 atom stereocenters. The molecule has 1 saturated carbocycles. The lowest BCUT2D eigenvalue weighted by Gasteiger charge is -2.15. The van der Waals surface area contributed by atoms with Crippen molar-refractivity contribution in [1.29, 1.82) is 0 Å². The largest absolute Gasteiger partial charge is 0.346 e. The molecule has 1 N–H and O–H groups in total. The van der Waals surface area contributed by atoms with Gasteiger partial charge in [0.05, 0.1) is 5.38 Å². The first-order valence-corrected chi connectivity index (χ1v) is 5.57. The number of aromatic nitrogens is 1. The highest BCUT2D eigenvalue weighted by Crippen LogP contribution is 2.24. The van der Waals surface area contributed by atoms with Gasteiger partial charge >= 0.3 is 0 Å². The number of amides is 1. The Morgan fingerprint density at radius 2 is 2.33 bits per heavy atom. The van der Waals surface area contributed by atoms with Crippen LogP contribution in [0.25, 0.3) is 0 Å². The molecule has 1 fully saturated rings. The number of hydrogen-bond acceptors (Lipinski definition) is 2. The molecule has 0 radical (unpaired) electrons. The molecule has 2 unspecified atom stereocenters. The maximum atomic E-state index is 11.7. The Kier molecular flexibility index (Phi) is 3.21. The minimum absolute atomic E-state index is 0.0673. The molecule has 0 bridgehead atoms. The summed E-state index contributed by atoms with van der Waals surface area (Å²) in [6.45, 7) is 0. The SMILES string of the molecule is O=C(NC1CCCC1Cl)c1ccccn1. The average molecular weight is 225 g/mol. The molecule has 0 aliphatic heterocycles. The fourth-order valence-electron chi connectivity index (χ4n) is 1.82. The van der Waals surface area contributed by atoms with Crippen LogP contribution in [0.1, 0.15) is 29.8 Å². The number of alkyl halides is 1. The van der Waals surface area contributed by atoms with E-state index in [4.69, 9.17) is 11.6 Å². The van der Waals surface area contributed by atoms with Gasteiger partial charge in [0, 0.05) is 12.2 Å². The molecule has 1 aliphatic rings. The van der Waals surface area contributed by atoms with E-state index in [0.29, 0.717) is 5.69 Å². The third-order valence-electron chi connectivity index (χ3n) is 2.65. The summed E-state index contributed by atoms with van der Waals surface area (Å²) in [6.07, 6.45) is 4.64. The standard InChI is InChI=1S/C11H13ClN2O/c12-8-4-3-6-9(8)14-11(15)10-5-1-2-7-13-10/h1-2,5,7-9H,3-4,6H2,(H,14,15). The van der Waals surface area contributed by atoms with Gasteiger partial charge in [-0.05, 0) is 31.4 Å². The second-order valence-corrected chi connectivity index (χ2v) is 4.30. The Bertz CT molecular complexity index is 342. The zero-order valence-electron chi connectivity index (χ0n) is 8.32. The van der Waals surface area contributed by atoms with Crippen LogP contribution in [-0.2, 0) is 0 Å². The number of carbonyl (C=O) groups is 1. The van der Waals surface area contributed by atoms with Crippen molar-refractivity contribution in [3.63, 3.8) is 0 Å². The van der Waals surface area contributed by atoms with E-state index in [9.17, 15) is 4.79 Å². The summed E-state index contributed by atoms with van der Waals surface area (Å²) >= 11 is 6.07. The van der Waals surface area contributed by atoms with Gasteiger partial charge in [-0.3, -0.25) is 9.78 Å². The first-order valence-electron chi connectivity index (χ1n) is 5.13. The van der Waals surface area contributed by atoms with Crippen LogP contribution in [-0.4, -0.2) is 22.3 Å². The maximum absolute atomic E-state index is 11.7. The van der Waals surface area contributed by atoms with Crippen molar-refractivity contribution in [1.82, 2.24) is 10.3 Å². The normalized spacial score (nSPS) is 25.1. The Morgan fingerprint density at radius 3 is 2.93 bits per heavy atom. The lowest BCUT2D eigenvalue weighted by Crippen LogP contribution is -2.38. The zero-order chi connectivity index (χ0) is 10.7. The topological polar surface area (TPSA) is 42.0 Å². The monoisotopic (exact) mass is 224 g/mol. The molecule has 1 amide bonds. The van der Waals surface area contributed by atoms with Crippen LogP contribution in [0.2, 0.25) is 0 Å². The number of nitrogens with zero attached hydrogens (tertiary/aromatic N) is 1. The first kappa shape index (κ1) is 10.4. The van der Waals surface area contributed by atoms with Gasteiger partial charge in [0.15, 0.2) is 0 Å². The van der Waals surface area contributed by atoms with Crippen LogP contribution >= 0.6 is 11.6 Å². The molecule has 0 saturated heterocycles. The molecule has 2 rings (SSSR count). The van der Waals surface area contributed by atoms with Gasteiger partial charge < -0.3 is 5.32 Å². The van der Waals surface area contributed by atoms with Gasteiger partial charge in [0.1, 0.15) is 5.69 Å². The van der Waals surface area contributed by atoms with Crippen LogP contribution in [0.5, 0.6) is 0 Å². The van der Waals surface area contributed by atoms with Crippen LogP contribution in [0.3, 0.4) is 0 Å². The van der Waals surface area contributed by atoms with E-state index in [2.05, 4.69) is 10.3 Å². The summed E-state index contributed by atoms with van der Waals surface area (Å²) in [7, 11) is 0. The van der Waals surface area contributed by atoms with E-state index < -0.39 is 0 Å². The molecule has 80 valence electrons. The minimum Gasteiger partial charge on any atom is -0.346 e. The predicted molar refractivity (Wildman–Crippen MR) is 59.0 cm³/mol. The molecule has 0 aromatic carbocycles. The van der Waals surface area contributed by atoms with Crippen molar-refractivity contribution in [2.45, 2.75) is 30.7 Å². The quantitative estimate of drug-likeness (QED) is 0.781.